The molecule has 7 nitrogen and oxygen atoms in total. The summed E-state index contributed by atoms with van der Waals surface area (Å²) in [5, 5.41) is 0. The summed E-state index contributed by atoms with van der Waals surface area (Å²) in [5.74, 6) is 0.718. The number of rotatable bonds is 3. The molecular formula is C18H21N3O4S. The maximum Gasteiger partial charge on any atom is 0.254 e. The van der Waals surface area contributed by atoms with Crippen molar-refractivity contribution in [3.63, 3.8) is 0 Å². The van der Waals surface area contributed by atoms with Crippen LogP contribution in [0.15, 0.2) is 41.3 Å². The number of hydrogen-bond acceptors (Lipinski definition) is 6. The second-order valence-corrected chi connectivity index (χ2v) is 8.94. The zero-order valence-electron chi connectivity index (χ0n) is 14.5. The zero-order valence-corrected chi connectivity index (χ0v) is 15.4. The average Bonchev–Trinajstić information content (AvgIpc) is 3.27. The minimum Gasteiger partial charge on any atom is -0.444 e. The Morgan fingerprint density at radius 2 is 1.92 bits per heavy atom. The molecule has 8 heteroatoms. The van der Waals surface area contributed by atoms with Crippen molar-refractivity contribution in [2.24, 2.45) is 0 Å². The Hall–Kier alpha value is -2.19. The molecule has 26 heavy (non-hydrogen) atoms. The molecule has 2 saturated heterocycles. The molecule has 0 radical (unpaired) electrons. The average molecular weight is 375 g/mol. The van der Waals surface area contributed by atoms with Gasteiger partial charge < -0.3 is 9.32 Å². The lowest BCUT2D eigenvalue weighted by molar-refractivity contribution is 0.0349. The minimum absolute atomic E-state index is 0.0516. The van der Waals surface area contributed by atoms with E-state index < -0.39 is 9.84 Å². The maximum absolute atomic E-state index is 13.0. The molecule has 1 aromatic heterocycles. The fourth-order valence-corrected chi connectivity index (χ4v) is 5.98. The van der Waals surface area contributed by atoms with E-state index in [0.29, 0.717) is 24.4 Å². The van der Waals surface area contributed by atoms with E-state index in [2.05, 4.69) is 9.88 Å². The van der Waals surface area contributed by atoms with Gasteiger partial charge >= 0.3 is 0 Å². The van der Waals surface area contributed by atoms with Crippen LogP contribution in [0.3, 0.4) is 0 Å². The molecule has 2 atom stereocenters. The highest BCUT2D eigenvalue weighted by atomic mass is 32.2. The first kappa shape index (κ1) is 17.2. The molecule has 0 spiro atoms. The third-order valence-electron chi connectivity index (χ3n) is 5.31. The largest absolute Gasteiger partial charge is 0.444 e. The van der Waals surface area contributed by atoms with Crippen molar-refractivity contribution in [1.29, 1.82) is 0 Å². The molecule has 0 bridgehead atoms. The minimum atomic E-state index is -3.11. The van der Waals surface area contributed by atoms with Crippen molar-refractivity contribution in [3.05, 3.63) is 42.4 Å². The van der Waals surface area contributed by atoms with E-state index in [9.17, 15) is 13.2 Å². The van der Waals surface area contributed by atoms with E-state index in [1.807, 2.05) is 19.1 Å². The lowest BCUT2D eigenvalue weighted by Crippen LogP contribution is -2.60. The smallest absolute Gasteiger partial charge is 0.254 e. The van der Waals surface area contributed by atoms with Crippen molar-refractivity contribution in [3.8, 4) is 11.3 Å². The topological polar surface area (TPSA) is 83.7 Å². The van der Waals surface area contributed by atoms with Crippen LogP contribution in [0, 0.1) is 0 Å². The molecule has 3 heterocycles. The Balaban J connectivity index is 1.58. The van der Waals surface area contributed by atoms with E-state index in [-0.39, 0.29) is 29.5 Å². The Morgan fingerprint density at radius 3 is 2.58 bits per heavy atom. The Labute approximate surface area is 152 Å². The summed E-state index contributed by atoms with van der Waals surface area (Å²) < 4.78 is 29.6. The van der Waals surface area contributed by atoms with Crippen molar-refractivity contribution in [2.45, 2.75) is 19.0 Å². The lowest BCUT2D eigenvalue weighted by atomic mass is 10.0. The number of piperazine rings is 1. The molecule has 2 aliphatic heterocycles. The van der Waals surface area contributed by atoms with E-state index >= 15 is 0 Å². The standard InChI is InChI=1S/C18H21N3O4S/c1-2-20-7-8-21(16-11-26(23,24)10-15(16)20)18(22)14-5-3-13(4-6-14)17-9-19-12-25-17/h3-6,9,12,15-16H,2,7-8,10-11H2,1H3/t15-,16+/m0/s1. The van der Waals surface area contributed by atoms with Crippen LogP contribution < -0.4 is 0 Å². The summed E-state index contributed by atoms with van der Waals surface area (Å²) in [7, 11) is -3.11. The number of carbonyl (C=O) groups is 1. The van der Waals surface area contributed by atoms with Crippen LogP contribution in [0.4, 0.5) is 0 Å². The van der Waals surface area contributed by atoms with Crippen molar-refractivity contribution in [2.75, 3.05) is 31.1 Å². The van der Waals surface area contributed by atoms with Gasteiger partial charge in [-0.25, -0.2) is 13.4 Å². The number of benzene rings is 1. The van der Waals surface area contributed by atoms with Gasteiger partial charge in [0.15, 0.2) is 22.0 Å². The van der Waals surface area contributed by atoms with Gasteiger partial charge in [-0.3, -0.25) is 9.69 Å². The van der Waals surface area contributed by atoms with Crippen molar-refractivity contribution < 1.29 is 17.6 Å². The van der Waals surface area contributed by atoms with Crippen LogP contribution >= 0.6 is 0 Å². The molecule has 4 rings (SSSR count). The van der Waals surface area contributed by atoms with Crippen LogP contribution in [0.5, 0.6) is 0 Å². The van der Waals surface area contributed by atoms with Crippen LogP contribution in [0.2, 0.25) is 0 Å². The molecule has 138 valence electrons. The van der Waals surface area contributed by atoms with E-state index in [1.165, 1.54) is 6.39 Å². The van der Waals surface area contributed by atoms with Gasteiger partial charge in [0.25, 0.3) is 5.91 Å². The highest BCUT2D eigenvalue weighted by molar-refractivity contribution is 7.91. The molecule has 0 N–H and O–H groups in total. The molecule has 2 aliphatic rings. The number of nitrogens with zero attached hydrogens (tertiary/aromatic N) is 3. The molecule has 2 aromatic rings. The monoisotopic (exact) mass is 375 g/mol. The molecular weight excluding hydrogens is 354 g/mol. The maximum atomic E-state index is 13.0. The highest BCUT2D eigenvalue weighted by Gasteiger charge is 2.47. The number of likely N-dealkylation sites (N-methyl/N-ethyl adjacent to an activating group) is 1. The molecule has 0 aliphatic carbocycles. The van der Waals surface area contributed by atoms with Crippen LogP contribution in [0.1, 0.15) is 17.3 Å². The van der Waals surface area contributed by atoms with Gasteiger partial charge in [-0.05, 0) is 18.7 Å². The fourth-order valence-electron chi connectivity index (χ4n) is 3.97. The van der Waals surface area contributed by atoms with Gasteiger partial charge in [-0.15, -0.1) is 0 Å². The Morgan fingerprint density at radius 1 is 1.19 bits per heavy atom. The van der Waals surface area contributed by atoms with Gasteiger partial charge in [0, 0.05) is 30.3 Å². The summed E-state index contributed by atoms with van der Waals surface area (Å²) in [5.41, 5.74) is 1.40. The molecule has 2 fully saturated rings. The summed E-state index contributed by atoms with van der Waals surface area (Å²) in [6.07, 6.45) is 2.98. The second kappa shape index (κ2) is 6.51. The van der Waals surface area contributed by atoms with E-state index in [1.54, 1.807) is 23.2 Å². The molecule has 0 unspecified atom stereocenters. The van der Waals surface area contributed by atoms with Crippen molar-refractivity contribution >= 4 is 15.7 Å². The Kier molecular flexibility index (Phi) is 4.32. The van der Waals surface area contributed by atoms with Crippen molar-refractivity contribution in [1.82, 2.24) is 14.8 Å². The first-order valence-electron chi connectivity index (χ1n) is 8.73. The number of fused-ring (bicyclic) bond motifs is 1. The molecule has 0 saturated carbocycles. The molecule has 1 aromatic carbocycles. The van der Waals surface area contributed by atoms with Crippen LogP contribution in [-0.4, -0.2) is 72.3 Å². The second-order valence-electron chi connectivity index (χ2n) is 6.78. The number of aromatic nitrogens is 1. The van der Waals surface area contributed by atoms with Gasteiger partial charge in [0.2, 0.25) is 0 Å². The first-order chi connectivity index (χ1) is 12.5. The van der Waals surface area contributed by atoms with Gasteiger partial charge in [0.05, 0.1) is 23.7 Å². The number of amides is 1. The highest BCUT2D eigenvalue weighted by Crippen LogP contribution is 2.28. The number of carbonyl (C=O) groups excluding carboxylic acids is 1. The number of sulfone groups is 1. The normalized spacial score (nSPS) is 25.2. The van der Waals surface area contributed by atoms with E-state index in [4.69, 9.17) is 4.42 Å². The zero-order chi connectivity index (χ0) is 18.3. The quantitative estimate of drug-likeness (QED) is 0.804. The first-order valence-corrected chi connectivity index (χ1v) is 10.5. The third-order valence-corrected chi connectivity index (χ3v) is 7.01. The van der Waals surface area contributed by atoms with Crippen LogP contribution in [-0.2, 0) is 9.84 Å². The Bertz CT molecular complexity index is 893. The van der Waals surface area contributed by atoms with Gasteiger partial charge in [-0.2, -0.15) is 0 Å². The fraction of sp³-hybridized carbons (Fsp3) is 0.444. The van der Waals surface area contributed by atoms with Crippen LogP contribution in [0.25, 0.3) is 11.3 Å². The summed E-state index contributed by atoms with van der Waals surface area (Å²) in [6, 6.07) is 6.78. The number of oxazole rings is 1. The SMILES string of the molecule is CCN1CCN(C(=O)c2ccc(-c3cnco3)cc2)[C@@H]2CS(=O)(=O)C[C@@H]21. The number of hydrogen-bond donors (Lipinski definition) is 0. The predicted octanol–water partition coefficient (Wildman–Crippen LogP) is 1.28. The third kappa shape index (κ3) is 3.03. The predicted molar refractivity (Wildman–Crippen MR) is 96.5 cm³/mol. The molecule has 1 amide bonds. The van der Waals surface area contributed by atoms with Gasteiger partial charge in [0.1, 0.15) is 0 Å². The van der Waals surface area contributed by atoms with E-state index in [0.717, 1.165) is 12.1 Å². The van der Waals surface area contributed by atoms with Gasteiger partial charge in [-0.1, -0.05) is 19.1 Å². The summed E-state index contributed by atoms with van der Waals surface area (Å²) >= 11 is 0. The lowest BCUT2D eigenvalue weighted by Gasteiger charge is -2.43. The summed E-state index contributed by atoms with van der Waals surface area (Å²) in [6.45, 7) is 4.08. The summed E-state index contributed by atoms with van der Waals surface area (Å²) in [4.78, 5) is 20.8.